The molecule has 2 heterocycles. The molecule has 0 aromatic heterocycles. The first-order valence-electron chi connectivity index (χ1n) is 8.06. The second-order valence-corrected chi connectivity index (χ2v) is 6.02. The Kier molecular flexibility index (Phi) is 4.83. The molecule has 0 radical (unpaired) electrons. The van der Waals surface area contributed by atoms with E-state index in [4.69, 9.17) is 9.47 Å². The van der Waals surface area contributed by atoms with Gasteiger partial charge in [-0.2, -0.15) is 0 Å². The lowest BCUT2D eigenvalue weighted by Gasteiger charge is -2.22. The molecule has 0 aliphatic carbocycles. The first-order chi connectivity index (χ1) is 10.7. The lowest BCUT2D eigenvalue weighted by Crippen LogP contribution is -2.48. The zero-order chi connectivity index (χ0) is 15.4. The van der Waals surface area contributed by atoms with E-state index in [2.05, 4.69) is 28.6 Å². The Morgan fingerprint density at radius 3 is 3.00 bits per heavy atom. The Morgan fingerprint density at radius 1 is 1.41 bits per heavy atom. The highest BCUT2D eigenvalue weighted by molar-refractivity contribution is 5.80. The van der Waals surface area contributed by atoms with Crippen LogP contribution in [0.3, 0.4) is 0 Å². The van der Waals surface area contributed by atoms with Crippen LogP contribution in [0.1, 0.15) is 24.8 Å². The first kappa shape index (κ1) is 15.2. The van der Waals surface area contributed by atoms with Gasteiger partial charge >= 0.3 is 0 Å². The molecule has 2 aliphatic rings. The molecule has 2 N–H and O–H groups in total. The summed E-state index contributed by atoms with van der Waals surface area (Å²) in [6.07, 6.45) is 4.26. The molecule has 1 aromatic carbocycles. The fourth-order valence-electron chi connectivity index (χ4n) is 3.20. The van der Waals surface area contributed by atoms with Crippen molar-refractivity contribution in [1.29, 1.82) is 0 Å². The van der Waals surface area contributed by atoms with E-state index in [0.717, 1.165) is 31.1 Å². The van der Waals surface area contributed by atoms with Crippen molar-refractivity contribution in [3.05, 3.63) is 29.8 Å². The Hall–Kier alpha value is -1.75. The third-order valence-electron chi connectivity index (χ3n) is 4.30. The van der Waals surface area contributed by atoms with Crippen LogP contribution < -0.4 is 15.4 Å². The normalized spacial score (nSPS) is 27.0. The van der Waals surface area contributed by atoms with Gasteiger partial charge in [0.05, 0.1) is 24.8 Å². The van der Waals surface area contributed by atoms with E-state index in [9.17, 15) is 0 Å². The Bertz CT molecular complexity index is 532. The molecule has 0 spiro atoms. The van der Waals surface area contributed by atoms with Gasteiger partial charge in [0.15, 0.2) is 5.96 Å². The van der Waals surface area contributed by atoms with Gasteiger partial charge in [0.1, 0.15) is 12.4 Å². The van der Waals surface area contributed by atoms with E-state index in [1.54, 1.807) is 7.05 Å². The third kappa shape index (κ3) is 3.71. The highest BCUT2D eigenvalue weighted by atomic mass is 16.5. The van der Waals surface area contributed by atoms with Crippen LogP contribution in [0.5, 0.6) is 5.75 Å². The van der Waals surface area contributed by atoms with E-state index >= 15 is 0 Å². The minimum absolute atomic E-state index is 0.354. The summed E-state index contributed by atoms with van der Waals surface area (Å²) in [5, 5.41) is 6.76. The zero-order valence-electron chi connectivity index (χ0n) is 13.3. The Labute approximate surface area is 132 Å². The fourth-order valence-corrected chi connectivity index (χ4v) is 3.20. The molecule has 2 fully saturated rings. The molecule has 3 atom stereocenters. The van der Waals surface area contributed by atoms with Gasteiger partial charge < -0.3 is 20.1 Å². The smallest absolute Gasteiger partial charge is 0.191 e. The average Bonchev–Trinajstić information content (AvgIpc) is 3.13. The summed E-state index contributed by atoms with van der Waals surface area (Å²) in [5.74, 6) is 1.74. The zero-order valence-corrected chi connectivity index (χ0v) is 13.3. The van der Waals surface area contributed by atoms with Gasteiger partial charge in [0.2, 0.25) is 0 Å². The summed E-state index contributed by atoms with van der Waals surface area (Å²) >= 11 is 0. The molecule has 5 heteroatoms. The van der Waals surface area contributed by atoms with E-state index < -0.39 is 0 Å². The van der Waals surface area contributed by atoms with E-state index in [1.165, 1.54) is 12.0 Å². The summed E-state index contributed by atoms with van der Waals surface area (Å²) < 4.78 is 11.6. The second-order valence-electron chi connectivity index (χ2n) is 6.02. The minimum Gasteiger partial charge on any atom is -0.492 e. The molecule has 2 saturated heterocycles. The van der Waals surface area contributed by atoms with Crippen LogP contribution in [-0.2, 0) is 4.74 Å². The van der Waals surface area contributed by atoms with Crippen molar-refractivity contribution in [2.24, 2.45) is 4.99 Å². The minimum atomic E-state index is 0.354. The number of benzene rings is 1. The maximum Gasteiger partial charge on any atom is 0.191 e. The number of nitrogens with zero attached hydrogens (tertiary/aromatic N) is 1. The number of rotatable bonds is 5. The summed E-state index contributed by atoms with van der Waals surface area (Å²) in [4.78, 5) is 4.28. The van der Waals surface area contributed by atoms with Crippen LogP contribution in [0.15, 0.2) is 29.3 Å². The lowest BCUT2D eigenvalue weighted by atomic mass is 9.96. The molecule has 2 bridgehead atoms. The number of nitrogens with one attached hydrogen (secondary N) is 2. The SMILES string of the molecule is CN=C(NCCOc1cccc(C)c1)NC1CC2CCC1O2. The Balaban J connectivity index is 1.38. The molecular formula is C17H25N3O2. The molecule has 22 heavy (non-hydrogen) atoms. The first-order valence-corrected chi connectivity index (χ1v) is 8.06. The van der Waals surface area contributed by atoms with Crippen LogP contribution in [0, 0.1) is 6.92 Å². The molecule has 1 aromatic rings. The third-order valence-corrected chi connectivity index (χ3v) is 4.30. The van der Waals surface area contributed by atoms with Crippen molar-refractivity contribution in [1.82, 2.24) is 10.6 Å². The van der Waals surface area contributed by atoms with Crippen molar-refractivity contribution in [2.75, 3.05) is 20.2 Å². The van der Waals surface area contributed by atoms with Crippen LogP contribution in [0.25, 0.3) is 0 Å². The largest absolute Gasteiger partial charge is 0.492 e. The van der Waals surface area contributed by atoms with Crippen molar-refractivity contribution in [3.8, 4) is 5.75 Å². The number of aryl methyl sites for hydroxylation is 1. The van der Waals surface area contributed by atoms with Crippen LogP contribution in [-0.4, -0.2) is 44.4 Å². The molecular weight excluding hydrogens is 278 g/mol. The number of aliphatic imine (C=N–C) groups is 1. The molecule has 120 valence electrons. The number of hydrogen-bond acceptors (Lipinski definition) is 3. The van der Waals surface area contributed by atoms with Crippen LogP contribution in [0.4, 0.5) is 0 Å². The number of fused-ring (bicyclic) bond motifs is 2. The molecule has 0 amide bonds. The van der Waals surface area contributed by atoms with E-state index in [-0.39, 0.29) is 0 Å². The summed E-state index contributed by atoms with van der Waals surface area (Å²) in [5.41, 5.74) is 1.21. The van der Waals surface area contributed by atoms with Gasteiger partial charge in [-0.1, -0.05) is 12.1 Å². The summed E-state index contributed by atoms with van der Waals surface area (Å²) in [7, 11) is 1.80. The second kappa shape index (κ2) is 7.01. The van der Waals surface area contributed by atoms with Gasteiger partial charge in [-0.05, 0) is 43.9 Å². The van der Waals surface area contributed by atoms with Gasteiger partial charge in [-0.3, -0.25) is 4.99 Å². The van der Waals surface area contributed by atoms with Crippen molar-refractivity contribution < 1.29 is 9.47 Å². The standard InChI is InChI=1S/C17H25N3O2/c1-12-4-3-5-13(10-12)21-9-8-19-17(18-2)20-15-11-14-6-7-16(15)22-14/h3-5,10,14-16H,6-9,11H2,1-2H3,(H2,18,19,20). The summed E-state index contributed by atoms with van der Waals surface area (Å²) in [6, 6.07) is 8.48. The number of ether oxygens (including phenoxy) is 2. The van der Waals surface area contributed by atoms with Crippen molar-refractivity contribution in [3.63, 3.8) is 0 Å². The van der Waals surface area contributed by atoms with E-state index in [0.29, 0.717) is 24.9 Å². The number of hydrogen-bond donors (Lipinski definition) is 2. The summed E-state index contributed by atoms with van der Waals surface area (Å²) in [6.45, 7) is 3.39. The van der Waals surface area contributed by atoms with Crippen LogP contribution >= 0.6 is 0 Å². The van der Waals surface area contributed by atoms with E-state index in [1.807, 2.05) is 18.2 Å². The predicted octanol–water partition coefficient (Wildman–Crippen LogP) is 1.86. The predicted molar refractivity (Wildman–Crippen MR) is 87.5 cm³/mol. The highest BCUT2D eigenvalue weighted by Gasteiger charge is 2.41. The molecule has 0 saturated carbocycles. The van der Waals surface area contributed by atoms with Crippen LogP contribution in [0.2, 0.25) is 0 Å². The van der Waals surface area contributed by atoms with Gasteiger partial charge in [-0.15, -0.1) is 0 Å². The van der Waals surface area contributed by atoms with Gasteiger partial charge in [0, 0.05) is 7.05 Å². The molecule has 3 unspecified atom stereocenters. The maximum atomic E-state index is 5.85. The quantitative estimate of drug-likeness (QED) is 0.495. The Morgan fingerprint density at radius 2 is 2.32 bits per heavy atom. The molecule has 3 rings (SSSR count). The monoisotopic (exact) mass is 303 g/mol. The topological polar surface area (TPSA) is 54.9 Å². The maximum absolute atomic E-state index is 5.85. The van der Waals surface area contributed by atoms with Crippen molar-refractivity contribution in [2.45, 2.75) is 44.4 Å². The molecule has 5 nitrogen and oxygen atoms in total. The fraction of sp³-hybridized carbons (Fsp3) is 0.588. The van der Waals surface area contributed by atoms with Crippen molar-refractivity contribution >= 4 is 5.96 Å². The highest BCUT2D eigenvalue weighted by Crippen LogP contribution is 2.34. The van der Waals surface area contributed by atoms with Gasteiger partial charge in [-0.25, -0.2) is 0 Å². The van der Waals surface area contributed by atoms with Gasteiger partial charge in [0.25, 0.3) is 0 Å². The molecule has 2 aliphatic heterocycles. The average molecular weight is 303 g/mol. The lowest BCUT2D eigenvalue weighted by molar-refractivity contribution is 0.0992. The number of guanidine groups is 1.